The lowest BCUT2D eigenvalue weighted by atomic mass is 10.1. The Balaban J connectivity index is 1.39. The number of halogens is 1. The number of nitrogens with zero attached hydrogens (tertiary/aromatic N) is 1. The molecule has 0 aliphatic rings. The second kappa shape index (κ2) is 9.95. The van der Waals surface area contributed by atoms with Gasteiger partial charge < -0.3 is 24.6 Å². The summed E-state index contributed by atoms with van der Waals surface area (Å²) >= 11 is 0. The van der Waals surface area contributed by atoms with Crippen LogP contribution in [0.1, 0.15) is 28.6 Å². The normalized spacial score (nSPS) is 11.8. The van der Waals surface area contributed by atoms with Gasteiger partial charge in [-0.3, -0.25) is 9.59 Å². The van der Waals surface area contributed by atoms with Gasteiger partial charge in [-0.05, 0) is 61.4 Å². The summed E-state index contributed by atoms with van der Waals surface area (Å²) in [7, 11) is 0. The average molecular weight is 485 g/mol. The number of carbonyl (C=O) groups is 2. The van der Waals surface area contributed by atoms with Crippen LogP contribution in [-0.2, 0) is 17.8 Å². The summed E-state index contributed by atoms with van der Waals surface area (Å²) in [5.74, 6) is -1.17. The molecule has 3 N–H and O–H groups in total. The van der Waals surface area contributed by atoms with Gasteiger partial charge in [-0.15, -0.1) is 0 Å². The predicted octanol–water partition coefficient (Wildman–Crippen LogP) is 5.00. The first-order chi connectivity index (χ1) is 17.5. The molecule has 182 valence electrons. The van der Waals surface area contributed by atoms with E-state index in [9.17, 15) is 14.0 Å². The van der Waals surface area contributed by atoms with Crippen molar-refractivity contribution in [3.05, 3.63) is 102 Å². The highest BCUT2D eigenvalue weighted by Gasteiger charge is 2.18. The molecule has 7 nitrogen and oxygen atoms in total. The van der Waals surface area contributed by atoms with Crippen LogP contribution >= 0.6 is 0 Å². The summed E-state index contributed by atoms with van der Waals surface area (Å²) in [5.41, 5.74) is 3.66. The van der Waals surface area contributed by atoms with Gasteiger partial charge in [0.2, 0.25) is 0 Å². The number of furan rings is 1. The van der Waals surface area contributed by atoms with Crippen LogP contribution in [0.25, 0.3) is 27.9 Å². The lowest BCUT2D eigenvalue weighted by Crippen LogP contribution is -2.35. The molecule has 0 bridgehead atoms. The van der Waals surface area contributed by atoms with E-state index in [0.717, 1.165) is 39.5 Å². The molecule has 5 rings (SSSR count). The van der Waals surface area contributed by atoms with E-state index in [1.807, 2.05) is 43.6 Å². The number of benzene rings is 2. The quantitative estimate of drug-likeness (QED) is 0.271. The van der Waals surface area contributed by atoms with Gasteiger partial charge in [0.25, 0.3) is 11.8 Å². The Bertz CT molecular complexity index is 1580. The molecule has 0 aliphatic heterocycles. The van der Waals surface area contributed by atoms with E-state index in [0.29, 0.717) is 13.0 Å². The van der Waals surface area contributed by atoms with Crippen molar-refractivity contribution in [1.29, 1.82) is 0 Å². The van der Waals surface area contributed by atoms with Crippen molar-refractivity contribution < 1.29 is 18.4 Å². The molecular weight excluding hydrogens is 459 g/mol. The fraction of sp³-hybridized carbons (Fsp3) is 0.143. The standard InChI is InChI=1S/C28H25FN4O3/c1-2-33-17-19(21-6-3-4-7-25(21)33)14-24(32-28(35)26-8-5-13-36-26)27(34)30-12-11-18-16-31-23-10-9-20(29)15-22(18)23/h3-10,13-17,31H,2,11-12H2,1H3,(H,30,34)(H,32,35)/b24-14-. The number of nitrogens with one attached hydrogen (secondary N) is 3. The summed E-state index contributed by atoms with van der Waals surface area (Å²) in [6.45, 7) is 3.11. The molecule has 2 amide bonds. The van der Waals surface area contributed by atoms with Gasteiger partial charge in [-0.1, -0.05) is 18.2 Å². The Labute approximate surface area is 206 Å². The number of rotatable bonds is 8. The Morgan fingerprint density at radius 2 is 1.97 bits per heavy atom. The molecule has 8 heteroatoms. The molecular formula is C28H25FN4O3. The van der Waals surface area contributed by atoms with Gasteiger partial charge in [0.05, 0.1) is 6.26 Å². The van der Waals surface area contributed by atoms with Crippen LogP contribution in [0.2, 0.25) is 0 Å². The number of hydrogen-bond donors (Lipinski definition) is 3. The first-order valence-electron chi connectivity index (χ1n) is 11.7. The summed E-state index contributed by atoms with van der Waals surface area (Å²) in [6.07, 6.45) is 7.33. The van der Waals surface area contributed by atoms with E-state index in [1.54, 1.807) is 18.2 Å². The molecule has 3 aromatic heterocycles. The van der Waals surface area contributed by atoms with Crippen LogP contribution in [0.15, 0.2) is 83.4 Å². The number of H-pyrrole nitrogens is 1. The highest BCUT2D eigenvalue weighted by atomic mass is 19.1. The molecule has 0 atom stereocenters. The smallest absolute Gasteiger partial charge is 0.291 e. The topological polar surface area (TPSA) is 92.1 Å². The third kappa shape index (κ3) is 4.65. The minimum Gasteiger partial charge on any atom is -0.459 e. The van der Waals surface area contributed by atoms with Crippen LogP contribution < -0.4 is 10.6 Å². The SMILES string of the molecule is CCn1cc(/C=C(\NC(=O)c2ccco2)C(=O)NCCc2c[nH]c3ccc(F)cc23)c2ccccc21. The van der Waals surface area contributed by atoms with Crippen molar-refractivity contribution >= 4 is 39.7 Å². The van der Waals surface area contributed by atoms with Gasteiger partial charge in [-0.2, -0.15) is 0 Å². The third-order valence-electron chi connectivity index (χ3n) is 6.11. The zero-order valence-corrected chi connectivity index (χ0v) is 19.7. The lowest BCUT2D eigenvalue weighted by molar-refractivity contribution is -0.117. The summed E-state index contributed by atoms with van der Waals surface area (Å²) in [5, 5.41) is 7.31. The number of aryl methyl sites for hydroxylation is 1. The number of aromatic nitrogens is 2. The Kier molecular flexibility index (Phi) is 6.40. The molecule has 0 spiro atoms. The highest BCUT2D eigenvalue weighted by Crippen LogP contribution is 2.24. The molecule has 0 radical (unpaired) electrons. The average Bonchev–Trinajstić information content (AvgIpc) is 3.63. The molecule has 0 unspecified atom stereocenters. The van der Waals surface area contributed by atoms with E-state index in [-0.39, 0.29) is 17.3 Å². The van der Waals surface area contributed by atoms with Crippen molar-refractivity contribution in [3.63, 3.8) is 0 Å². The maximum absolute atomic E-state index is 13.7. The fourth-order valence-electron chi connectivity index (χ4n) is 4.32. The summed E-state index contributed by atoms with van der Waals surface area (Å²) in [6, 6.07) is 15.6. The van der Waals surface area contributed by atoms with E-state index in [4.69, 9.17) is 4.42 Å². The van der Waals surface area contributed by atoms with Crippen LogP contribution in [0, 0.1) is 5.82 Å². The lowest BCUT2D eigenvalue weighted by Gasteiger charge is -2.10. The number of aromatic amines is 1. The number of amides is 2. The maximum Gasteiger partial charge on any atom is 0.291 e. The van der Waals surface area contributed by atoms with Crippen LogP contribution in [0.3, 0.4) is 0 Å². The number of para-hydroxylation sites is 1. The van der Waals surface area contributed by atoms with Gasteiger partial charge in [-0.25, -0.2) is 4.39 Å². The Hall–Kier alpha value is -4.59. The van der Waals surface area contributed by atoms with Crippen molar-refractivity contribution in [2.24, 2.45) is 0 Å². The van der Waals surface area contributed by atoms with Crippen molar-refractivity contribution in [1.82, 2.24) is 20.2 Å². The third-order valence-corrected chi connectivity index (χ3v) is 6.11. The first kappa shape index (κ1) is 23.2. The zero-order chi connectivity index (χ0) is 25.1. The van der Waals surface area contributed by atoms with Gasteiger partial charge in [0, 0.05) is 52.9 Å². The molecule has 0 aliphatic carbocycles. The molecule has 5 aromatic rings. The largest absolute Gasteiger partial charge is 0.459 e. The van der Waals surface area contributed by atoms with Crippen LogP contribution in [0.5, 0.6) is 0 Å². The van der Waals surface area contributed by atoms with E-state index in [1.165, 1.54) is 24.5 Å². The second-order valence-corrected chi connectivity index (χ2v) is 8.39. The van der Waals surface area contributed by atoms with Crippen molar-refractivity contribution in [2.75, 3.05) is 6.54 Å². The first-order valence-corrected chi connectivity index (χ1v) is 11.7. The molecule has 36 heavy (non-hydrogen) atoms. The minimum atomic E-state index is -0.521. The maximum atomic E-state index is 13.7. The predicted molar refractivity (Wildman–Crippen MR) is 137 cm³/mol. The zero-order valence-electron chi connectivity index (χ0n) is 19.7. The molecule has 0 saturated heterocycles. The van der Waals surface area contributed by atoms with Crippen molar-refractivity contribution in [2.45, 2.75) is 19.9 Å². The van der Waals surface area contributed by atoms with Gasteiger partial charge >= 0.3 is 0 Å². The molecule has 3 heterocycles. The Morgan fingerprint density at radius 1 is 1.11 bits per heavy atom. The Morgan fingerprint density at radius 3 is 2.78 bits per heavy atom. The number of fused-ring (bicyclic) bond motifs is 2. The highest BCUT2D eigenvalue weighted by molar-refractivity contribution is 6.06. The van der Waals surface area contributed by atoms with Crippen LogP contribution in [0.4, 0.5) is 4.39 Å². The monoisotopic (exact) mass is 484 g/mol. The van der Waals surface area contributed by atoms with E-state index in [2.05, 4.69) is 20.2 Å². The minimum absolute atomic E-state index is 0.0976. The van der Waals surface area contributed by atoms with Crippen LogP contribution in [-0.4, -0.2) is 27.9 Å². The van der Waals surface area contributed by atoms with E-state index < -0.39 is 11.8 Å². The van der Waals surface area contributed by atoms with Gasteiger partial charge in [0.1, 0.15) is 11.5 Å². The summed E-state index contributed by atoms with van der Waals surface area (Å²) in [4.78, 5) is 29.0. The van der Waals surface area contributed by atoms with E-state index >= 15 is 0 Å². The molecule has 0 saturated carbocycles. The van der Waals surface area contributed by atoms with Crippen molar-refractivity contribution in [3.8, 4) is 0 Å². The van der Waals surface area contributed by atoms with Gasteiger partial charge in [0.15, 0.2) is 5.76 Å². The second-order valence-electron chi connectivity index (χ2n) is 8.39. The molecule has 0 fully saturated rings. The number of carbonyl (C=O) groups excluding carboxylic acids is 2. The fourth-order valence-corrected chi connectivity index (χ4v) is 4.32. The molecule has 2 aromatic carbocycles. The summed E-state index contributed by atoms with van der Waals surface area (Å²) < 4.78 is 21.0. The number of hydrogen-bond acceptors (Lipinski definition) is 3.